The quantitative estimate of drug-likeness (QED) is 0.796. The molecule has 0 bridgehead atoms. The van der Waals surface area contributed by atoms with Crippen molar-refractivity contribution >= 4 is 17.4 Å². The standard InChI is InChI=1S/C12H13ClN4O2/c1-7-12(13)9(17(2)16-7)5-10(18)8-4-11(19-3)15-6-14-8/h4,6H,5H2,1-3H3. The molecule has 0 radical (unpaired) electrons. The van der Waals surface area contributed by atoms with Crippen LogP contribution >= 0.6 is 11.6 Å². The van der Waals surface area contributed by atoms with Crippen LogP contribution in [0, 0.1) is 6.92 Å². The van der Waals surface area contributed by atoms with E-state index in [-0.39, 0.29) is 12.2 Å². The van der Waals surface area contributed by atoms with E-state index in [0.29, 0.717) is 28.0 Å². The molecule has 0 unspecified atom stereocenters. The van der Waals surface area contributed by atoms with E-state index in [0.717, 1.165) is 0 Å². The van der Waals surface area contributed by atoms with E-state index in [1.54, 1.807) is 18.7 Å². The summed E-state index contributed by atoms with van der Waals surface area (Å²) < 4.78 is 6.56. The van der Waals surface area contributed by atoms with Crippen LogP contribution in [0.15, 0.2) is 12.4 Å². The van der Waals surface area contributed by atoms with Gasteiger partial charge in [-0.15, -0.1) is 0 Å². The van der Waals surface area contributed by atoms with Crippen molar-refractivity contribution < 1.29 is 9.53 Å². The highest BCUT2D eigenvalue weighted by atomic mass is 35.5. The number of methoxy groups -OCH3 is 1. The molecular weight excluding hydrogens is 268 g/mol. The molecule has 0 amide bonds. The Balaban J connectivity index is 2.25. The molecule has 0 atom stereocenters. The Bertz CT molecular complexity index is 624. The fourth-order valence-corrected chi connectivity index (χ4v) is 1.95. The lowest BCUT2D eigenvalue weighted by Gasteiger charge is -2.03. The maximum Gasteiger partial charge on any atom is 0.216 e. The summed E-state index contributed by atoms with van der Waals surface area (Å²) in [6, 6.07) is 1.50. The maximum atomic E-state index is 12.2. The molecule has 0 aliphatic carbocycles. The fraction of sp³-hybridized carbons (Fsp3) is 0.333. The third-order valence-corrected chi connectivity index (χ3v) is 3.22. The summed E-state index contributed by atoms with van der Waals surface area (Å²) in [4.78, 5) is 19.9. The Hall–Kier alpha value is -1.95. The van der Waals surface area contributed by atoms with Gasteiger partial charge in [0.25, 0.3) is 0 Å². The molecule has 100 valence electrons. The highest BCUT2D eigenvalue weighted by Crippen LogP contribution is 2.21. The van der Waals surface area contributed by atoms with Gasteiger partial charge in [0.2, 0.25) is 5.88 Å². The van der Waals surface area contributed by atoms with Gasteiger partial charge in [-0.2, -0.15) is 5.10 Å². The second kappa shape index (κ2) is 5.36. The van der Waals surface area contributed by atoms with E-state index in [1.165, 1.54) is 19.5 Å². The van der Waals surface area contributed by atoms with Gasteiger partial charge in [-0.25, -0.2) is 9.97 Å². The summed E-state index contributed by atoms with van der Waals surface area (Å²) in [7, 11) is 3.24. The molecule has 19 heavy (non-hydrogen) atoms. The number of ether oxygens (including phenoxy) is 1. The number of carbonyl (C=O) groups is 1. The molecule has 0 spiro atoms. The van der Waals surface area contributed by atoms with Gasteiger partial charge >= 0.3 is 0 Å². The largest absolute Gasteiger partial charge is 0.481 e. The first-order valence-corrected chi connectivity index (χ1v) is 5.98. The smallest absolute Gasteiger partial charge is 0.216 e. The van der Waals surface area contributed by atoms with Gasteiger partial charge in [0.15, 0.2) is 5.78 Å². The van der Waals surface area contributed by atoms with Crippen molar-refractivity contribution in [2.75, 3.05) is 7.11 Å². The highest BCUT2D eigenvalue weighted by molar-refractivity contribution is 6.32. The second-order valence-corrected chi connectivity index (χ2v) is 4.39. The Kier molecular flexibility index (Phi) is 3.80. The summed E-state index contributed by atoms with van der Waals surface area (Å²) in [5.74, 6) is 0.191. The molecular formula is C12H13ClN4O2. The van der Waals surface area contributed by atoms with Gasteiger partial charge in [-0.05, 0) is 6.92 Å². The minimum absolute atomic E-state index is 0.135. The van der Waals surface area contributed by atoms with Crippen LogP contribution in [0.5, 0.6) is 5.88 Å². The predicted molar refractivity (Wildman–Crippen MR) is 69.6 cm³/mol. The molecule has 0 aliphatic rings. The molecule has 7 heteroatoms. The first-order valence-electron chi connectivity index (χ1n) is 5.60. The molecule has 2 aromatic heterocycles. The number of aromatic nitrogens is 4. The van der Waals surface area contributed by atoms with Crippen LogP contribution in [0.1, 0.15) is 21.9 Å². The van der Waals surface area contributed by atoms with E-state index in [4.69, 9.17) is 16.3 Å². The number of Topliss-reactive ketones (excluding diaryl/α,β-unsaturated/α-hetero) is 1. The molecule has 2 heterocycles. The summed E-state index contributed by atoms with van der Waals surface area (Å²) in [5.41, 5.74) is 1.66. The third-order valence-electron chi connectivity index (χ3n) is 2.73. The van der Waals surface area contributed by atoms with Crippen LogP contribution < -0.4 is 4.74 Å². The highest BCUT2D eigenvalue weighted by Gasteiger charge is 2.17. The monoisotopic (exact) mass is 280 g/mol. The average Bonchev–Trinajstić information content (AvgIpc) is 2.65. The van der Waals surface area contributed by atoms with Gasteiger partial charge in [0, 0.05) is 13.1 Å². The summed E-state index contributed by atoms with van der Waals surface area (Å²) in [5, 5.41) is 4.68. The SMILES string of the molecule is COc1cc(C(=O)Cc2c(Cl)c(C)nn2C)ncn1. The van der Waals surface area contributed by atoms with Crippen molar-refractivity contribution in [3.8, 4) is 5.88 Å². The minimum atomic E-state index is -0.161. The van der Waals surface area contributed by atoms with E-state index >= 15 is 0 Å². The van der Waals surface area contributed by atoms with Gasteiger partial charge < -0.3 is 4.74 Å². The van der Waals surface area contributed by atoms with Crippen molar-refractivity contribution in [1.82, 2.24) is 19.7 Å². The van der Waals surface area contributed by atoms with Gasteiger partial charge in [-0.3, -0.25) is 9.48 Å². The first kappa shape index (κ1) is 13.5. The number of hydrogen-bond acceptors (Lipinski definition) is 5. The molecule has 0 N–H and O–H groups in total. The zero-order chi connectivity index (χ0) is 14.0. The number of aryl methyl sites for hydroxylation is 2. The molecule has 0 saturated heterocycles. The average molecular weight is 281 g/mol. The number of rotatable bonds is 4. The summed E-state index contributed by atoms with van der Waals surface area (Å²) in [6.45, 7) is 1.80. The van der Waals surface area contributed by atoms with Crippen molar-refractivity contribution in [2.45, 2.75) is 13.3 Å². The lowest BCUT2D eigenvalue weighted by molar-refractivity contribution is 0.0985. The molecule has 0 aromatic carbocycles. The number of nitrogens with zero attached hydrogens (tertiary/aromatic N) is 4. The molecule has 0 aliphatic heterocycles. The van der Waals surface area contributed by atoms with Crippen LogP contribution in [-0.4, -0.2) is 32.6 Å². The van der Waals surface area contributed by atoms with Crippen LogP contribution in [0.2, 0.25) is 5.02 Å². The van der Waals surface area contributed by atoms with Crippen LogP contribution in [0.3, 0.4) is 0 Å². The number of halogens is 1. The zero-order valence-electron chi connectivity index (χ0n) is 10.8. The normalized spacial score (nSPS) is 10.5. The molecule has 6 nitrogen and oxygen atoms in total. The zero-order valence-corrected chi connectivity index (χ0v) is 11.6. The fourth-order valence-electron chi connectivity index (χ4n) is 1.72. The van der Waals surface area contributed by atoms with Crippen molar-refractivity contribution in [1.29, 1.82) is 0 Å². The van der Waals surface area contributed by atoms with E-state index < -0.39 is 0 Å². The number of ketones is 1. The number of hydrogen-bond donors (Lipinski definition) is 0. The van der Waals surface area contributed by atoms with Crippen molar-refractivity contribution in [2.24, 2.45) is 7.05 Å². The van der Waals surface area contributed by atoms with Gasteiger partial charge in [0.05, 0.1) is 29.9 Å². The van der Waals surface area contributed by atoms with Crippen LogP contribution in [0.25, 0.3) is 0 Å². The summed E-state index contributed by atoms with van der Waals surface area (Å²) in [6.07, 6.45) is 1.43. The third kappa shape index (κ3) is 2.73. The van der Waals surface area contributed by atoms with Crippen LogP contribution in [-0.2, 0) is 13.5 Å². The Morgan fingerprint density at radius 2 is 2.21 bits per heavy atom. The van der Waals surface area contributed by atoms with Gasteiger partial charge in [0.1, 0.15) is 12.0 Å². The van der Waals surface area contributed by atoms with Crippen molar-refractivity contribution in [3.63, 3.8) is 0 Å². The van der Waals surface area contributed by atoms with Gasteiger partial charge in [-0.1, -0.05) is 11.6 Å². The maximum absolute atomic E-state index is 12.2. The lowest BCUT2D eigenvalue weighted by Crippen LogP contribution is -2.10. The Morgan fingerprint density at radius 1 is 1.47 bits per heavy atom. The van der Waals surface area contributed by atoms with E-state index in [1.807, 2.05) is 0 Å². The van der Waals surface area contributed by atoms with Crippen LogP contribution in [0.4, 0.5) is 0 Å². The van der Waals surface area contributed by atoms with E-state index in [2.05, 4.69) is 15.1 Å². The minimum Gasteiger partial charge on any atom is -0.481 e. The van der Waals surface area contributed by atoms with E-state index in [9.17, 15) is 4.79 Å². The Labute approximate surface area is 115 Å². The molecule has 2 rings (SSSR count). The number of carbonyl (C=O) groups excluding carboxylic acids is 1. The lowest BCUT2D eigenvalue weighted by atomic mass is 10.1. The molecule has 0 saturated carbocycles. The molecule has 2 aromatic rings. The Morgan fingerprint density at radius 3 is 2.79 bits per heavy atom. The molecule has 0 fully saturated rings. The predicted octanol–water partition coefficient (Wildman–Crippen LogP) is 1.61. The summed E-state index contributed by atoms with van der Waals surface area (Å²) >= 11 is 6.11. The topological polar surface area (TPSA) is 69.9 Å². The van der Waals surface area contributed by atoms with Crippen molar-refractivity contribution in [3.05, 3.63) is 34.5 Å². The first-order chi connectivity index (χ1) is 9.02. The second-order valence-electron chi connectivity index (χ2n) is 4.02.